The highest BCUT2D eigenvalue weighted by atomic mass is 16.3. The van der Waals surface area contributed by atoms with Crippen LogP contribution in [-0.2, 0) is 0 Å². The predicted octanol–water partition coefficient (Wildman–Crippen LogP) is 0.603. The van der Waals surface area contributed by atoms with Crippen molar-refractivity contribution >= 4 is 0 Å². The van der Waals surface area contributed by atoms with E-state index in [2.05, 4.69) is 6.07 Å². The van der Waals surface area contributed by atoms with Gasteiger partial charge in [0.1, 0.15) is 0 Å². The van der Waals surface area contributed by atoms with Crippen molar-refractivity contribution in [1.29, 1.82) is 5.26 Å². The Morgan fingerprint density at radius 3 is 2.64 bits per heavy atom. The van der Waals surface area contributed by atoms with Crippen LogP contribution in [0.1, 0.15) is 20.3 Å². The van der Waals surface area contributed by atoms with Crippen LogP contribution in [0.15, 0.2) is 0 Å². The van der Waals surface area contributed by atoms with E-state index in [0.717, 1.165) is 19.5 Å². The molecule has 0 radical (unpaired) electrons. The minimum absolute atomic E-state index is 0.0356. The molecule has 0 saturated heterocycles. The highest BCUT2D eigenvalue weighted by molar-refractivity contribution is 4.87. The van der Waals surface area contributed by atoms with Gasteiger partial charge in [-0.2, -0.15) is 5.26 Å². The molecule has 0 saturated carbocycles. The van der Waals surface area contributed by atoms with Crippen molar-refractivity contribution in [1.82, 2.24) is 4.90 Å². The Bertz CT molecular complexity index is 131. The highest BCUT2D eigenvalue weighted by Crippen LogP contribution is 1.97. The zero-order valence-corrected chi connectivity index (χ0v) is 7.25. The molecule has 1 atom stereocenters. The van der Waals surface area contributed by atoms with Gasteiger partial charge in [0.2, 0.25) is 0 Å². The van der Waals surface area contributed by atoms with Gasteiger partial charge in [0.05, 0.1) is 12.1 Å². The number of hydrogen-bond acceptors (Lipinski definition) is 3. The standard InChI is InChI=1S/C8H16N2O/c1-3-10(5-4-6-11)8(2)7-9/h8,11H,3-6H2,1-2H3. The molecule has 1 N–H and O–H groups in total. The molecule has 0 aliphatic carbocycles. The van der Waals surface area contributed by atoms with Crippen molar-refractivity contribution in [3.8, 4) is 6.07 Å². The monoisotopic (exact) mass is 156 g/mol. The van der Waals surface area contributed by atoms with Gasteiger partial charge in [-0.15, -0.1) is 0 Å². The lowest BCUT2D eigenvalue weighted by molar-refractivity contribution is 0.215. The van der Waals surface area contributed by atoms with Crippen molar-refractivity contribution in [2.24, 2.45) is 0 Å². The van der Waals surface area contributed by atoms with Crippen LogP contribution in [0.5, 0.6) is 0 Å². The minimum atomic E-state index is -0.0356. The maximum atomic E-state index is 8.58. The molecule has 1 unspecified atom stereocenters. The second-order valence-corrected chi connectivity index (χ2v) is 2.51. The Hall–Kier alpha value is -0.590. The van der Waals surface area contributed by atoms with Gasteiger partial charge in [-0.05, 0) is 19.9 Å². The molecule has 0 aliphatic heterocycles. The van der Waals surface area contributed by atoms with E-state index in [0.29, 0.717) is 0 Å². The van der Waals surface area contributed by atoms with Crippen LogP contribution < -0.4 is 0 Å². The summed E-state index contributed by atoms with van der Waals surface area (Å²) in [6.45, 7) is 5.77. The molecule has 0 amide bonds. The lowest BCUT2D eigenvalue weighted by Gasteiger charge is -2.21. The zero-order chi connectivity index (χ0) is 8.69. The summed E-state index contributed by atoms with van der Waals surface area (Å²) in [6, 6.07) is 2.13. The van der Waals surface area contributed by atoms with E-state index >= 15 is 0 Å². The Labute approximate surface area is 68.2 Å². The fourth-order valence-corrected chi connectivity index (χ4v) is 0.981. The largest absolute Gasteiger partial charge is 0.396 e. The zero-order valence-electron chi connectivity index (χ0n) is 7.25. The second kappa shape index (κ2) is 6.14. The average Bonchev–Trinajstić information content (AvgIpc) is 2.05. The van der Waals surface area contributed by atoms with E-state index in [1.54, 1.807) is 0 Å². The van der Waals surface area contributed by atoms with Crippen LogP contribution in [0.4, 0.5) is 0 Å². The van der Waals surface area contributed by atoms with Gasteiger partial charge in [-0.25, -0.2) is 0 Å². The first-order chi connectivity index (χ1) is 5.26. The van der Waals surface area contributed by atoms with E-state index in [-0.39, 0.29) is 12.6 Å². The number of hydrogen-bond donors (Lipinski definition) is 1. The fraction of sp³-hybridized carbons (Fsp3) is 0.875. The molecule has 3 nitrogen and oxygen atoms in total. The van der Waals surface area contributed by atoms with Crippen LogP contribution >= 0.6 is 0 Å². The van der Waals surface area contributed by atoms with Crippen LogP contribution in [-0.4, -0.2) is 35.7 Å². The molecule has 0 aromatic heterocycles. The molecule has 0 bridgehead atoms. The number of nitriles is 1. The number of rotatable bonds is 5. The normalized spacial score (nSPS) is 13.0. The van der Waals surface area contributed by atoms with Gasteiger partial charge >= 0.3 is 0 Å². The first-order valence-corrected chi connectivity index (χ1v) is 4.00. The quantitative estimate of drug-likeness (QED) is 0.634. The topological polar surface area (TPSA) is 47.3 Å². The number of nitrogens with zero attached hydrogens (tertiary/aromatic N) is 2. The summed E-state index contributed by atoms with van der Waals surface area (Å²) in [5.41, 5.74) is 0. The molecule has 64 valence electrons. The lowest BCUT2D eigenvalue weighted by atomic mass is 10.3. The molecule has 0 aromatic carbocycles. The fourth-order valence-electron chi connectivity index (χ4n) is 0.981. The Kier molecular flexibility index (Phi) is 5.81. The molecule has 0 aliphatic rings. The predicted molar refractivity (Wildman–Crippen MR) is 44.0 cm³/mol. The van der Waals surface area contributed by atoms with E-state index in [9.17, 15) is 0 Å². The third-order valence-corrected chi connectivity index (χ3v) is 1.74. The number of aliphatic hydroxyl groups is 1. The molecule has 3 heteroatoms. The minimum Gasteiger partial charge on any atom is -0.396 e. The molecule has 11 heavy (non-hydrogen) atoms. The van der Waals surface area contributed by atoms with Gasteiger partial charge in [-0.3, -0.25) is 4.90 Å². The van der Waals surface area contributed by atoms with Crippen molar-refractivity contribution in [3.05, 3.63) is 0 Å². The second-order valence-electron chi connectivity index (χ2n) is 2.51. The third-order valence-electron chi connectivity index (χ3n) is 1.74. The van der Waals surface area contributed by atoms with E-state index in [1.165, 1.54) is 0 Å². The van der Waals surface area contributed by atoms with Gasteiger partial charge in [0.25, 0.3) is 0 Å². The van der Waals surface area contributed by atoms with E-state index in [1.807, 2.05) is 18.7 Å². The van der Waals surface area contributed by atoms with Crippen LogP contribution in [0.25, 0.3) is 0 Å². The molecular formula is C8H16N2O. The first-order valence-electron chi connectivity index (χ1n) is 4.00. The smallest absolute Gasteiger partial charge is 0.0949 e. The first kappa shape index (κ1) is 10.4. The van der Waals surface area contributed by atoms with Gasteiger partial charge in [0, 0.05) is 13.2 Å². The van der Waals surface area contributed by atoms with Gasteiger partial charge in [-0.1, -0.05) is 6.92 Å². The highest BCUT2D eigenvalue weighted by Gasteiger charge is 2.08. The van der Waals surface area contributed by atoms with Gasteiger partial charge in [0.15, 0.2) is 0 Å². The SMILES string of the molecule is CCN(CCCO)C(C)C#N. The van der Waals surface area contributed by atoms with Crippen molar-refractivity contribution in [2.75, 3.05) is 19.7 Å². The summed E-state index contributed by atoms with van der Waals surface area (Å²) in [7, 11) is 0. The summed E-state index contributed by atoms with van der Waals surface area (Å²) in [5, 5.41) is 17.1. The van der Waals surface area contributed by atoms with E-state index < -0.39 is 0 Å². The molecular weight excluding hydrogens is 140 g/mol. The Morgan fingerprint density at radius 2 is 2.27 bits per heavy atom. The van der Waals surface area contributed by atoms with Crippen LogP contribution in [0, 0.1) is 11.3 Å². The lowest BCUT2D eigenvalue weighted by Crippen LogP contribution is -2.33. The Morgan fingerprint density at radius 1 is 1.64 bits per heavy atom. The maximum Gasteiger partial charge on any atom is 0.0949 e. The summed E-state index contributed by atoms with van der Waals surface area (Å²) < 4.78 is 0. The van der Waals surface area contributed by atoms with Crippen molar-refractivity contribution in [2.45, 2.75) is 26.3 Å². The molecule has 0 heterocycles. The summed E-state index contributed by atoms with van der Waals surface area (Å²) in [5.74, 6) is 0. The van der Waals surface area contributed by atoms with Crippen LogP contribution in [0.2, 0.25) is 0 Å². The average molecular weight is 156 g/mol. The third kappa shape index (κ3) is 3.97. The Balaban J connectivity index is 3.67. The molecule has 0 rings (SSSR count). The van der Waals surface area contributed by atoms with Crippen LogP contribution in [0.3, 0.4) is 0 Å². The number of aliphatic hydroxyl groups excluding tert-OH is 1. The maximum absolute atomic E-state index is 8.58. The van der Waals surface area contributed by atoms with Gasteiger partial charge < -0.3 is 5.11 Å². The van der Waals surface area contributed by atoms with Crippen molar-refractivity contribution in [3.63, 3.8) is 0 Å². The summed E-state index contributed by atoms with van der Waals surface area (Å²) >= 11 is 0. The summed E-state index contributed by atoms with van der Waals surface area (Å²) in [4.78, 5) is 2.04. The van der Waals surface area contributed by atoms with E-state index in [4.69, 9.17) is 10.4 Å². The molecule has 0 spiro atoms. The van der Waals surface area contributed by atoms with Crippen molar-refractivity contribution < 1.29 is 5.11 Å². The molecule has 0 fully saturated rings. The molecule has 0 aromatic rings. The summed E-state index contributed by atoms with van der Waals surface area (Å²) in [6.07, 6.45) is 0.750.